The summed E-state index contributed by atoms with van der Waals surface area (Å²) >= 11 is 5.35. The largest absolute Gasteiger partial charge is 0.372 e. The second-order valence-corrected chi connectivity index (χ2v) is 7.41. The minimum atomic E-state index is -0.287. The number of rotatable bonds is 7. The van der Waals surface area contributed by atoms with E-state index < -0.39 is 0 Å². The molecule has 1 unspecified atom stereocenters. The van der Waals surface area contributed by atoms with Crippen molar-refractivity contribution in [1.29, 1.82) is 0 Å². The molecule has 0 fully saturated rings. The zero-order valence-electron chi connectivity index (χ0n) is 17.2. The highest BCUT2D eigenvalue weighted by atomic mass is 32.1. The molecular formula is C23H28N4OS. The molecule has 3 N–H and O–H groups in total. The number of carbonyl (C=O) groups is 1. The third-order valence-corrected chi connectivity index (χ3v) is 5.38. The second kappa shape index (κ2) is 9.56. The summed E-state index contributed by atoms with van der Waals surface area (Å²) in [6.45, 7) is 8.57. The van der Waals surface area contributed by atoms with Crippen molar-refractivity contribution in [3.8, 4) is 0 Å². The van der Waals surface area contributed by atoms with Crippen molar-refractivity contribution in [3.63, 3.8) is 0 Å². The third-order valence-electron chi connectivity index (χ3n) is 5.16. The molecule has 2 aromatic rings. The maximum atomic E-state index is 13.0. The first-order chi connectivity index (χ1) is 14.0. The smallest absolute Gasteiger partial charge is 0.251 e. The van der Waals surface area contributed by atoms with Crippen LogP contribution in [0.1, 0.15) is 37.9 Å². The molecule has 1 aliphatic heterocycles. The average molecular weight is 409 g/mol. The van der Waals surface area contributed by atoms with Gasteiger partial charge in [0, 0.05) is 31.0 Å². The van der Waals surface area contributed by atoms with Gasteiger partial charge in [0.25, 0.3) is 5.91 Å². The molecule has 0 bridgehead atoms. The topological polar surface area (TPSA) is 56.4 Å². The van der Waals surface area contributed by atoms with E-state index >= 15 is 0 Å². The Morgan fingerprint density at radius 2 is 1.72 bits per heavy atom. The predicted molar refractivity (Wildman–Crippen MR) is 123 cm³/mol. The Labute approximate surface area is 178 Å². The lowest BCUT2D eigenvalue weighted by Crippen LogP contribution is -2.46. The summed E-state index contributed by atoms with van der Waals surface area (Å²) in [7, 11) is 0. The monoisotopic (exact) mass is 408 g/mol. The van der Waals surface area contributed by atoms with Crippen molar-refractivity contribution < 1.29 is 4.79 Å². The van der Waals surface area contributed by atoms with E-state index in [1.165, 1.54) is 5.69 Å². The van der Waals surface area contributed by atoms with Crippen molar-refractivity contribution in [1.82, 2.24) is 16.0 Å². The summed E-state index contributed by atoms with van der Waals surface area (Å²) in [5.41, 5.74) is 4.67. The van der Waals surface area contributed by atoms with Gasteiger partial charge >= 0.3 is 0 Å². The zero-order chi connectivity index (χ0) is 20.8. The van der Waals surface area contributed by atoms with E-state index in [9.17, 15) is 4.79 Å². The highest BCUT2D eigenvalue weighted by Gasteiger charge is 2.29. The number of allylic oxidation sites excluding steroid dienone is 1. The summed E-state index contributed by atoms with van der Waals surface area (Å²) < 4.78 is 0. The number of nitrogens with one attached hydrogen (secondary N) is 3. The molecule has 0 spiro atoms. The molecule has 1 heterocycles. The summed E-state index contributed by atoms with van der Waals surface area (Å²) in [4.78, 5) is 15.3. The normalized spacial score (nSPS) is 16.1. The van der Waals surface area contributed by atoms with E-state index in [2.05, 4.69) is 59.0 Å². The van der Waals surface area contributed by atoms with Crippen LogP contribution in [0.15, 0.2) is 65.9 Å². The Morgan fingerprint density at radius 3 is 2.34 bits per heavy atom. The first-order valence-electron chi connectivity index (χ1n) is 9.98. The van der Waals surface area contributed by atoms with Gasteiger partial charge in [0.2, 0.25) is 0 Å². The number of benzene rings is 2. The van der Waals surface area contributed by atoms with Gasteiger partial charge in [0.05, 0.1) is 11.6 Å². The maximum absolute atomic E-state index is 13.0. The van der Waals surface area contributed by atoms with Crippen molar-refractivity contribution >= 4 is 28.9 Å². The van der Waals surface area contributed by atoms with Gasteiger partial charge in [-0.05, 0) is 56.2 Å². The molecule has 0 saturated heterocycles. The molecule has 0 radical (unpaired) electrons. The van der Waals surface area contributed by atoms with Gasteiger partial charge in [0.15, 0.2) is 5.11 Å². The maximum Gasteiger partial charge on any atom is 0.251 e. The number of thiocarbonyl (C=S) groups is 1. The zero-order valence-corrected chi connectivity index (χ0v) is 18.0. The fraction of sp³-hybridized carbons (Fsp3) is 0.304. The summed E-state index contributed by atoms with van der Waals surface area (Å²) in [5, 5.41) is 9.90. The molecule has 3 rings (SSSR count). The highest BCUT2D eigenvalue weighted by Crippen LogP contribution is 2.28. The molecule has 152 valence electrons. The van der Waals surface area contributed by atoms with Crippen LogP contribution in [0.5, 0.6) is 0 Å². The lowest BCUT2D eigenvalue weighted by Gasteiger charge is -2.31. The van der Waals surface area contributed by atoms with Crippen molar-refractivity contribution in [3.05, 3.63) is 77.0 Å². The Kier molecular flexibility index (Phi) is 6.88. The van der Waals surface area contributed by atoms with Crippen LogP contribution < -0.4 is 20.9 Å². The Morgan fingerprint density at radius 1 is 1.07 bits per heavy atom. The van der Waals surface area contributed by atoms with Gasteiger partial charge in [0.1, 0.15) is 0 Å². The predicted octanol–water partition coefficient (Wildman–Crippen LogP) is 3.64. The summed E-state index contributed by atoms with van der Waals surface area (Å²) in [5.74, 6) is -0.105. The van der Waals surface area contributed by atoms with Crippen molar-refractivity contribution in [2.75, 3.05) is 18.0 Å². The van der Waals surface area contributed by atoms with E-state index in [4.69, 9.17) is 12.2 Å². The fourth-order valence-corrected chi connectivity index (χ4v) is 3.86. The molecule has 1 aliphatic rings. The van der Waals surface area contributed by atoms with Crippen LogP contribution in [0.25, 0.3) is 0 Å². The molecule has 5 nitrogen and oxygen atoms in total. The van der Waals surface area contributed by atoms with E-state index in [-0.39, 0.29) is 11.9 Å². The Balaban J connectivity index is 1.82. The molecule has 2 aromatic carbocycles. The Bertz CT molecular complexity index is 889. The molecule has 1 amide bonds. The molecule has 0 aliphatic carbocycles. The molecule has 0 saturated carbocycles. The van der Waals surface area contributed by atoms with Gasteiger partial charge in [-0.2, -0.15) is 0 Å². The molecule has 1 atom stereocenters. The fourth-order valence-electron chi connectivity index (χ4n) is 3.58. The van der Waals surface area contributed by atoms with E-state index in [1.807, 2.05) is 37.3 Å². The average Bonchev–Trinajstić information content (AvgIpc) is 2.73. The number of hydrogen-bond acceptors (Lipinski definition) is 3. The number of hydrogen-bond donors (Lipinski definition) is 3. The first-order valence-corrected chi connectivity index (χ1v) is 10.4. The SMILES string of the molecule is CCN(CC)c1ccc(C2NC(=S)NC(C)=C2C(=O)NCc2ccccc2)cc1. The molecule has 29 heavy (non-hydrogen) atoms. The third kappa shape index (κ3) is 4.95. The summed E-state index contributed by atoms with van der Waals surface area (Å²) in [6.07, 6.45) is 0. The lowest BCUT2D eigenvalue weighted by molar-refractivity contribution is -0.118. The van der Waals surface area contributed by atoms with Crippen molar-refractivity contribution in [2.24, 2.45) is 0 Å². The quantitative estimate of drug-likeness (QED) is 0.611. The number of nitrogens with zero attached hydrogens (tertiary/aromatic N) is 1. The minimum absolute atomic E-state index is 0.105. The number of amides is 1. The van der Waals surface area contributed by atoms with Gasteiger partial charge < -0.3 is 20.9 Å². The van der Waals surface area contributed by atoms with E-state index in [0.717, 1.165) is 29.9 Å². The van der Waals surface area contributed by atoms with Gasteiger partial charge in [-0.25, -0.2) is 0 Å². The van der Waals surface area contributed by atoms with Gasteiger partial charge in [-0.15, -0.1) is 0 Å². The van der Waals surface area contributed by atoms with Gasteiger partial charge in [-0.3, -0.25) is 4.79 Å². The van der Waals surface area contributed by atoms with Crippen LogP contribution in [-0.4, -0.2) is 24.1 Å². The number of carbonyl (C=O) groups excluding carboxylic acids is 1. The van der Waals surface area contributed by atoms with Gasteiger partial charge in [-0.1, -0.05) is 42.5 Å². The van der Waals surface area contributed by atoms with Crippen LogP contribution >= 0.6 is 12.2 Å². The van der Waals surface area contributed by atoms with Crippen LogP contribution in [-0.2, 0) is 11.3 Å². The van der Waals surface area contributed by atoms with Crippen molar-refractivity contribution in [2.45, 2.75) is 33.4 Å². The van der Waals surface area contributed by atoms with Crippen LogP contribution in [0.4, 0.5) is 5.69 Å². The minimum Gasteiger partial charge on any atom is -0.372 e. The second-order valence-electron chi connectivity index (χ2n) is 7.00. The lowest BCUT2D eigenvalue weighted by atomic mass is 9.94. The van der Waals surface area contributed by atoms with Crippen LogP contribution in [0, 0.1) is 0 Å². The van der Waals surface area contributed by atoms with Crippen LogP contribution in [0.2, 0.25) is 0 Å². The summed E-state index contributed by atoms with van der Waals surface area (Å²) in [6, 6.07) is 17.9. The van der Waals surface area contributed by atoms with E-state index in [0.29, 0.717) is 17.2 Å². The van der Waals surface area contributed by atoms with E-state index in [1.54, 1.807) is 0 Å². The Hall–Kier alpha value is -2.86. The highest BCUT2D eigenvalue weighted by molar-refractivity contribution is 7.80. The van der Waals surface area contributed by atoms with Crippen LogP contribution in [0.3, 0.4) is 0 Å². The molecule has 6 heteroatoms. The number of anilines is 1. The molecular weight excluding hydrogens is 380 g/mol. The molecule has 0 aromatic heterocycles. The first kappa shape index (κ1) is 20.9. The standard InChI is InChI=1S/C23H28N4OS/c1-4-27(5-2)19-13-11-18(12-14-19)21-20(16(3)25-23(29)26-21)22(28)24-15-17-9-7-6-8-10-17/h6-14,21H,4-5,15H2,1-3H3,(H,24,28)(H2,25,26,29).